The van der Waals surface area contributed by atoms with E-state index in [1.807, 2.05) is 24.3 Å². The van der Waals surface area contributed by atoms with Crippen LogP contribution in [0, 0.1) is 0 Å². The summed E-state index contributed by atoms with van der Waals surface area (Å²) in [5.74, 6) is -0.117. The number of hydrogen-bond donors (Lipinski definition) is 2. The number of amides is 1. The molecule has 24 heavy (non-hydrogen) atoms. The fourth-order valence-corrected chi connectivity index (χ4v) is 2.84. The fourth-order valence-electron chi connectivity index (χ4n) is 2.65. The lowest BCUT2D eigenvalue weighted by Gasteiger charge is -2.30. The van der Waals surface area contributed by atoms with Crippen molar-refractivity contribution < 1.29 is 9.53 Å². The van der Waals surface area contributed by atoms with Gasteiger partial charge in [0.15, 0.2) is 0 Å². The molecule has 2 aromatic rings. The maximum absolute atomic E-state index is 12.1. The number of halogens is 1. The SMILES string of the molecule is O=C(CNc1ccccc1N1CCOCC1)Nc1cccc(Cl)c1. The summed E-state index contributed by atoms with van der Waals surface area (Å²) < 4.78 is 5.40. The second-order valence-corrected chi connectivity index (χ2v) is 5.97. The zero-order chi connectivity index (χ0) is 16.8. The summed E-state index contributed by atoms with van der Waals surface area (Å²) in [6, 6.07) is 15.1. The second-order valence-electron chi connectivity index (χ2n) is 5.53. The Balaban J connectivity index is 1.61. The molecule has 1 aliphatic rings. The predicted molar refractivity (Wildman–Crippen MR) is 98.0 cm³/mol. The van der Waals surface area contributed by atoms with E-state index in [-0.39, 0.29) is 12.5 Å². The molecule has 2 aromatic carbocycles. The molecule has 0 unspecified atom stereocenters. The molecule has 0 aromatic heterocycles. The first-order valence-corrected chi connectivity index (χ1v) is 8.31. The highest BCUT2D eigenvalue weighted by Crippen LogP contribution is 2.26. The second kappa shape index (κ2) is 8.04. The minimum absolute atomic E-state index is 0.117. The maximum atomic E-state index is 12.1. The number of para-hydroxylation sites is 2. The number of nitrogens with one attached hydrogen (secondary N) is 2. The van der Waals surface area contributed by atoms with Gasteiger partial charge in [0.1, 0.15) is 0 Å². The average molecular weight is 346 g/mol. The molecule has 0 spiro atoms. The van der Waals surface area contributed by atoms with Gasteiger partial charge < -0.3 is 20.3 Å². The number of rotatable bonds is 5. The van der Waals surface area contributed by atoms with Crippen molar-refractivity contribution in [1.29, 1.82) is 0 Å². The highest BCUT2D eigenvalue weighted by molar-refractivity contribution is 6.30. The molecule has 1 fully saturated rings. The van der Waals surface area contributed by atoms with Gasteiger partial charge in [-0.15, -0.1) is 0 Å². The zero-order valence-electron chi connectivity index (χ0n) is 13.3. The summed E-state index contributed by atoms with van der Waals surface area (Å²) in [7, 11) is 0. The fraction of sp³-hybridized carbons (Fsp3) is 0.278. The first-order chi connectivity index (χ1) is 11.7. The molecule has 1 heterocycles. The monoisotopic (exact) mass is 345 g/mol. The quantitative estimate of drug-likeness (QED) is 0.873. The van der Waals surface area contributed by atoms with E-state index in [9.17, 15) is 4.79 Å². The summed E-state index contributed by atoms with van der Waals surface area (Å²) in [5.41, 5.74) is 2.73. The van der Waals surface area contributed by atoms with Gasteiger partial charge in [-0.2, -0.15) is 0 Å². The Bertz CT molecular complexity index is 702. The van der Waals surface area contributed by atoms with Crippen molar-refractivity contribution in [3.8, 4) is 0 Å². The number of ether oxygens (including phenoxy) is 1. The van der Waals surface area contributed by atoms with Gasteiger partial charge in [-0.05, 0) is 30.3 Å². The van der Waals surface area contributed by atoms with Crippen molar-refractivity contribution in [1.82, 2.24) is 0 Å². The van der Waals surface area contributed by atoms with E-state index in [0.29, 0.717) is 10.7 Å². The summed E-state index contributed by atoms with van der Waals surface area (Å²) in [4.78, 5) is 14.4. The van der Waals surface area contributed by atoms with Crippen LogP contribution in [-0.4, -0.2) is 38.8 Å². The molecule has 2 N–H and O–H groups in total. The Morgan fingerprint density at radius 3 is 2.71 bits per heavy atom. The molecule has 1 amide bonds. The Morgan fingerprint density at radius 2 is 1.92 bits per heavy atom. The largest absolute Gasteiger partial charge is 0.378 e. The van der Waals surface area contributed by atoms with Crippen LogP contribution in [0.15, 0.2) is 48.5 Å². The van der Waals surface area contributed by atoms with E-state index in [4.69, 9.17) is 16.3 Å². The third-order valence-corrected chi connectivity index (χ3v) is 4.04. The molecule has 6 heteroatoms. The highest BCUT2D eigenvalue weighted by Gasteiger charge is 2.14. The lowest BCUT2D eigenvalue weighted by molar-refractivity contribution is -0.114. The molecule has 3 rings (SSSR count). The molecular formula is C18H20ClN3O2. The highest BCUT2D eigenvalue weighted by atomic mass is 35.5. The Hall–Kier alpha value is -2.24. The molecule has 0 atom stereocenters. The molecular weight excluding hydrogens is 326 g/mol. The van der Waals surface area contributed by atoms with Crippen LogP contribution in [0.2, 0.25) is 5.02 Å². The summed E-state index contributed by atoms with van der Waals surface area (Å²) in [6.07, 6.45) is 0. The molecule has 1 aliphatic heterocycles. The number of anilines is 3. The van der Waals surface area contributed by atoms with E-state index in [1.54, 1.807) is 18.2 Å². The number of hydrogen-bond acceptors (Lipinski definition) is 4. The van der Waals surface area contributed by atoms with Gasteiger partial charge in [-0.1, -0.05) is 29.8 Å². The van der Waals surface area contributed by atoms with Crippen LogP contribution >= 0.6 is 11.6 Å². The molecule has 5 nitrogen and oxygen atoms in total. The summed E-state index contributed by atoms with van der Waals surface area (Å²) in [5, 5.41) is 6.65. The minimum Gasteiger partial charge on any atom is -0.378 e. The molecule has 1 saturated heterocycles. The van der Waals surface area contributed by atoms with Crippen molar-refractivity contribution in [3.63, 3.8) is 0 Å². The van der Waals surface area contributed by atoms with E-state index in [0.717, 1.165) is 37.7 Å². The van der Waals surface area contributed by atoms with Crippen molar-refractivity contribution in [2.45, 2.75) is 0 Å². The van der Waals surface area contributed by atoms with E-state index in [1.165, 1.54) is 0 Å². The molecule has 0 aliphatic carbocycles. The number of morpholine rings is 1. The molecule has 0 bridgehead atoms. The minimum atomic E-state index is -0.117. The van der Waals surface area contributed by atoms with Crippen LogP contribution in [0.5, 0.6) is 0 Å². The first-order valence-electron chi connectivity index (χ1n) is 7.93. The molecule has 126 valence electrons. The van der Waals surface area contributed by atoms with Crippen molar-refractivity contribution >= 4 is 34.6 Å². The number of carbonyl (C=O) groups is 1. The third kappa shape index (κ3) is 4.40. The first kappa shape index (κ1) is 16.6. The Kier molecular flexibility index (Phi) is 5.56. The number of nitrogens with zero attached hydrogens (tertiary/aromatic N) is 1. The van der Waals surface area contributed by atoms with Gasteiger partial charge in [0.2, 0.25) is 5.91 Å². The van der Waals surface area contributed by atoms with Crippen LogP contribution in [0.4, 0.5) is 17.1 Å². The normalized spacial score (nSPS) is 14.3. The van der Waals surface area contributed by atoms with Crippen LogP contribution in [0.3, 0.4) is 0 Å². The van der Waals surface area contributed by atoms with E-state index < -0.39 is 0 Å². The maximum Gasteiger partial charge on any atom is 0.243 e. The smallest absolute Gasteiger partial charge is 0.243 e. The molecule has 0 saturated carbocycles. The van der Waals surface area contributed by atoms with Gasteiger partial charge in [0, 0.05) is 23.8 Å². The summed E-state index contributed by atoms with van der Waals surface area (Å²) >= 11 is 5.93. The van der Waals surface area contributed by atoms with E-state index >= 15 is 0 Å². The lowest BCUT2D eigenvalue weighted by Crippen LogP contribution is -2.36. The zero-order valence-corrected chi connectivity index (χ0v) is 14.1. The van der Waals surface area contributed by atoms with Gasteiger partial charge >= 0.3 is 0 Å². The van der Waals surface area contributed by atoms with Gasteiger partial charge in [-0.25, -0.2) is 0 Å². The van der Waals surface area contributed by atoms with Gasteiger partial charge in [0.05, 0.1) is 31.1 Å². The number of benzene rings is 2. The lowest BCUT2D eigenvalue weighted by atomic mass is 10.2. The predicted octanol–water partition coefficient (Wildman–Crippen LogP) is 3.23. The standard InChI is InChI=1S/C18H20ClN3O2/c19-14-4-3-5-15(12-14)21-18(23)13-20-16-6-1-2-7-17(16)22-8-10-24-11-9-22/h1-7,12,20H,8-11,13H2,(H,21,23). The van der Waals surface area contributed by atoms with Crippen LogP contribution in [0.1, 0.15) is 0 Å². The topological polar surface area (TPSA) is 53.6 Å². The van der Waals surface area contributed by atoms with Crippen LogP contribution in [0.25, 0.3) is 0 Å². The molecule has 0 radical (unpaired) electrons. The Morgan fingerprint density at radius 1 is 1.12 bits per heavy atom. The van der Waals surface area contributed by atoms with Crippen LogP contribution in [-0.2, 0) is 9.53 Å². The average Bonchev–Trinajstić information content (AvgIpc) is 2.61. The van der Waals surface area contributed by atoms with Crippen molar-refractivity contribution in [3.05, 3.63) is 53.6 Å². The third-order valence-electron chi connectivity index (χ3n) is 3.80. The van der Waals surface area contributed by atoms with E-state index in [2.05, 4.69) is 21.6 Å². The summed E-state index contributed by atoms with van der Waals surface area (Å²) in [6.45, 7) is 3.35. The van der Waals surface area contributed by atoms with Gasteiger partial charge in [-0.3, -0.25) is 4.79 Å². The number of carbonyl (C=O) groups excluding carboxylic acids is 1. The Labute approximate surface area is 146 Å². The van der Waals surface area contributed by atoms with Crippen molar-refractivity contribution in [2.75, 3.05) is 48.4 Å². The van der Waals surface area contributed by atoms with Gasteiger partial charge in [0.25, 0.3) is 0 Å². The van der Waals surface area contributed by atoms with Crippen LogP contribution < -0.4 is 15.5 Å². The van der Waals surface area contributed by atoms with Crippen molar-refractivity contribution in [2.24, 2.45) is 0 Å².